The number of aliphatic carboxylic acids is 1. The molecule has 0 saturated heterocycles. The molecule has 1 amide bonds. The van der Waals surface area contributed by atoms with Crippen LogP contribution in [0.5, 0.6) is 0 Å². The Bertz CT molecular complexity index is 299. The van der Waals surface area contributed by atoms with Gasteiger partial charge in [-0.1, -0.05) is 26.7 Å². The van der Waals surface area contributed by atoms with Gasteiger partial charge in [-0.15, -0.1) is 0 Å². The molecule has 1 aliphatic rings. The van der Waals surface area contributed by atoms with E-state index in [0.29, 0.717) is 25.2 Å². The van der Waals surface area contributed by atoms with Crippen LogP contribution in [0.4, 0.5) is 0 Å². The molecule has 3 unspecified atom stereocenters. The van der Waals surface area contributed by atoms with Crippen LogP contribution >= 0.6 is 0 Å². The van der Waals surface area contributed by atoms with Crippen molar-refractivity contribution in [1.29, 1.82) is 0 Å². The van der Waals surface area contributed by atoms with E-state index in [2.05, 4.69) is 19.2 Å². The number of hydrogen-bond acceptors (Lipinski definition) is 2. The number of amides is 1. The zero-order valence-electron chi connectivity index (χ0n) is 11.6. The summed E-state index contributed by atoms with van der Waals surface area (Å²) in [7, 11) is 0. The lowest BCUT2D eigenvalue weighted by Crippen LogP contribution is -2.40. The summed E-state index contributed by atoms with van der Waals surface area (Å²) in [5.41, 5.74) is 0. The number of hydrogen-bond donors (Lipinski definition) is 2. The molecule has 4 nitrogen and oxygen atoms in total. The van der Waals surface area contributed by atoms with Gasteiger partial charge in [-0.2, -0.15) is 0 Å². The smallest absolute Gasteiger partial charge is 0.306 e. The van der Waals surface area contributed by atoms with Crippen LogP contribution in [-0.4, -0.2) is 23.0 Å². The van der Waals surface area contributed by atoms with Crippen molar-refractivity contribution in [3.8, 4) is 0 Å². The Morgan fingerprint density at radius 2 is 1.78 bits per heavy atom. The van der Waals surface area contributed by atoms with E-state index < -0.39 is 5.97 Å². The van der Waals surface area contributed by atoms with E-state index in [-0.39, 0.29) is 23.8 Å². The van der Waals surface area contributed by atoms with Crippen LogP contribution in [0.15, 0.2) is 0 Å². The first-order chi connectivity index (χ1) is 8.49. The molecule has 18 heavy (non-hydrogen) atoms. The molecule has 4 heteroatoms. The van der Waals surface area contributed by atoms with Crippen LogP contribution in [-0.2, 0) is 9.59 Å². The fourth-order valence-electron chi connectivity index (χ4n) is 2.90. The molecule has 1 fully saturated rings. The molecule has 0 aliphatic heterocycles. The van der Waals surface area contributed by atoms with Crippen molar-refractivity contribution in [3.05, 3.63) is 0 Å². The Morgan fingerprint density at radius 1 is 1.22 bits per heavy atom. The standard InChI is InChI=1S/C14H25NO3/c1-4-10(5-2)9(3)15-13(16)11-6-7-12(8-11)14(17)18/h9-12H,4-8H2,1-3H3,(H,15,16)(H,17,18). The fourth-order valence-corrected chi connectivity index (χ4v) is 2.90. The molecule has 104 valence electrons. The van der Waals surface area contributed by atoms with Crippen molar-refractivity contribution in [3.63, 3.8) is 0 Å². The summed E-state index contributed by atoms with van der Waals surface area (Å²) in [6, 6.07) is 0.177. The topological polar surface area (TPSA) is 66.4 Å². The maximum Gasteiger partial charge on any atom is 0.306 e. The highest BCUT2D eigenvalue weighted by Crippen LogP contribution is 2.31. The number of carboxylic acids is 1. The second-order valence-corrected chi connectivity index (χ2v) is 5.42. The zero-order chi connectivity index (χ0) is 13.7. The molecule has 0 heterocycles. The average Bonchev–Trinajstić information content (AvgIpc) is 2.79. The van der Waals surface area contributed by atoms with Gasteiger partial charge in [-0.25, -0.2) is 0 Å². The molecule has 0 aromatic carbocycles. The Hall–Kier alpha value is -1.06. The Kier molecular flexibility index (Phi) is 5.63. The molecule has 0 radical (unpaired) electrons. The lowest BCUT2D eigenvalue weighted by Gasteiger charge is -2.24. The van der Waals surface area contributed by atoms with Crippen molar-refractivity contribution in [2.45, 2.75) is 58.9 Å². The molecular formula is C14H25NO3. The van der Waals surface area contributed by atoms with Crippen LogP contribution < -0.4 is 5.32 Å². The van der Waals surface area contributed by atoms with Crippen LogP contribution in [0.25, 0.3) is 0 Å². The van der Waals surface area contributed by atoms with E-state index >= 15 is 0 Å². The van der Waals surface area contributed by atoms with E-state index in [0.717, 1.165) is 12.8 Å². The van der Waals surface area contributed by atoms with Crippen molar-refractivity contribution in [2.24, 2.45) is 17.8 Å². The number of carbonyl (C=O) groups is 2. The van der Waals surface area contributed by atoms with Crippen LogP contribution in [0.1, 0.15) is 52.9 Å². The van der Waals surface area contributed by atoms with Gasteiger partial charge in [0.15, 0.2) is 0 Å². The highest BCUT2D eigenvalue weighted by atomic mass is 16.4. The SMILES string of the molecule is CCC(CC)C(C)NC(=O)C1CCC(C(=O)O)C1. The fraction of sp³-hybridized carbons (Fsp3) is 0.857. The van der Waals surface area contributed by atoms with Crippen molar-refractivity contribution >= 4 is 11.9 Å². The highest BCUT2D eigenvalue weighted by molar-refractivity contribution is 5.81. The van der Waals surface area contributed by atoms with Crippen LogP contribution in [0.3, 0.4) is 0 Å². The predicted molar refractivity (Wildman–Crippen MR) is 70.1 cm³/mol. The average molecular weight is 255 g/mol. The number of carbonyl (C=O) groups excluding carboxylic acids is 1. The van der Waals surface area contributed by atoms with Gasteiger partial charge >= 0.3 is 5.97 Å². The summed E-state index contributed by atoms with van der Waals surface area (Å²) in [6.45, 7) is 6.30. The van der Waals surface area contributed by atoms with Gasteiger partial charge in [-0.3, -0.25) is 9.59 Å². The molecule has 0 aromatic heterocycles. The molecule has 0 spiro atoms. The minimum absolute atomic E-state index is 0.0400. The zero-order valence-corrected chi connectivity index (χ0v) is 11.6. The van der Waals surface area contributed by atoms with Gasteiger partial charge in [0.2, 0.25) is 5.91 Å². The number of carboxylic acid groups (broad SMARTS) is 1. The first-order valence-corrected chi connectivity index (χ1v) is 7.02. The largest absolute Gasteiger partial charge is 0.481 e. The molecule has 3 atom stereocenters. The molecule has 2 N–H and O–H groups in total. The monoisotopic (exact) mass is 255 g/mol. The maximum atomic E-state index is 12.1. The van der Waals surface area contributed by atoms with Crippen molar-refractivity contribution in [1.82, 2.24) is 5.32 Å². The summed E-state index contributed by atoms with van der Waals surface area (Å²) in [4.78, 5) is 22.9. The molecule has 0 bridgehead atoms. The highest BCUT2D eigenvalue weighted by Gasteiger charge is 2.34. The van der Waals surface area contributed by atoms with Crippen molar-refractivity contribution < 1.29 is 14.7 Å². The normalized spacial score (nSPS) is 25.1. The van der Waals surface area contributed by atoms with E-state index in [4.69, 9.17) is 5.11 Å². The van der Waals surface area contributed by atoms with Gasteiger partial charge in [0.1, 0.15) is 0 Å². The molecule has 0 aromatic rings. The minimum Gasteiger partial charge on any atom is -0.481 e. The molecule has 1 aliphatic carbocycles. The third kappa shape index (κ3) is 3.72. The van der Waals surface area contributed by atoms with Gasteiger partial charge in [-0.05, 0) is 32.1 Å². The summed E-state index contributed by atoms with van der Waals surface area (Å²) in [5.74, 6) is -0.658. The third-order valence-electron chi connectivity index (χ3n) is 4.28. The Labute approximate surface area is 109 Å². The van der Waals surface area contributed by atoms with E-state index in [1.165, 1.54) is 0 Å². The van der Waals surface area contributed by atoms with Gasteiger partial charge in [0.25, 0.3) is 0 Å². The maximum absolute atomic E-state index is 12.1. The summed E-state index contributed by atoms with van der Waals surface area (Å²) in [6.07, 6.45) is 3.95. The lowest BCUT2D eigenvalue weighted by molar-refractivity contribution is -0.141. The predicted octanol–water partition coefficient (Wildman–Crippen LogP) is 2.43. The molecule has 1 rings (SSSR count). The molecule has 1 saturated carbocycles. The Balaban J connectivity index is 2.44. The third-order valence-corrected chi connectivity index (χ3v) is 4.28. The molecular weight excluding hydrogens is 230 g/mol. The lowest BCUT2D eigenvalue weighted by atomic mass is 9.94. The Morgan fingerprint density at radius 3 is 2.22 bits per heavy atom. The number of nitrogens with one attached hydrogen (secondary N) is 1. The number of rotatable bonds is 6. The van der Waals surface area contributed by atoms with E-state index in [9.17, 15) is 9.59 Å². The van der Waals surface area contributed by atoms with Gasteiger partial charge in [0.05, 0.1) is 5.92 Å². The van der Waals surface area contributed by atoms with Crippen LogP contribution in [0.2, 0.25) is 0 Å². The van der Waals surface area contributed by atoms with E-state index in [1.54, 1.807) is 0 Å². The second-order valence-electron chi connectivity index (χ2n) is 5.42. The second kappa shape index (κ2) is 6.76. The summed E-state index contributed by atoms with van der Waals surface area (Å²) >= 11 is 0. The quantitative estimate of drug-likeness (QED) is 0.766. The minimum atomic E-state index is -0.765. The first-order valence-electron chi connectivity index (χ1n) is 7.02. The van der Waals surface area contributed by atoms with Crippen molar-refractivity contribution in [2.75, 3.05) is 0 Å². The van der Waals surface area contributed by atoms with Gasteiger partial charge < -0.3 is 10.4 Å². The summed E-state index contributed by atoms with van der Waals surface area (Å²) in [5, 5.41) is 12.0. The van der Waals surface area contributed by atoms with Gasteiger partial charge in [0, 0.05) is 12.0 Å². The van der Waals surface area contributed by atoms with Crippen LogP contribution in [0, 0.1) is 17.8 Å². The first kappa shape index (κ1) is 15.0. The van der Waals surface area contributed by atoms with E-state index in [1.807, 2.05) is 6.92 Å². The summed E-state index contributed by atoms with van der Waals surface area (Å²) < 4.78 is 0.